The molecule has 0 aromatic heterocycles. The highest BCUT2D eigenvalue weighted by atomic mass is 35.5. The maximum Gasteiger partial charge on any atom is 0.0408 e. The molecule has 3 unspecified atom stereocenters. The second kappa shape index (κ2) is 5.57. The fourth-order valence-corrected chi connectivity index (χ4v) is 4.95. The van der Waals surface area contributed by atoms with Crippen LogP contribution in [0.4, 0.5) is 0 Å². The van der Waals surface area contributed by atoms with Gasteiger partial charge in [0.25, 0.3) is 0 Å². The first kappa shape index (κ1) is 14.0. The number of piperidine rings is 1. The van der Waals surface area contributed by atoms with Crippen LogP contribution in [0.2, 0.25) is 5.02 Å². The van der Waals surface area contributed by atoms with Gasteiger partial charge in [-0.3, -0.25) is 0 Å². The first-order chi connectivity index (χ1) is 10.2. The molecule has 0 spiro atoms. The van der Waals surface area contributed by atoms with Gasteiger partial charge in [-0.25, -0.2) is 0 Å². The average Bonchev–Trinajstić information content (AvgIpc) is 2.93. The van der Waals surface area contributed by atoms with Gasteiger partial charge in [0.05, 0.1) is 0 Å². The second-order valence-corrected chi connectivity index (χ2v) is 7.75. The van der Waals surface area contributed by atoms with Gasteiger partial charge in [-0.2, -0.15) is 0 Å². The molecule has 1 aromatic rings. The van der Waals surface area contributed by atoms with E-state index in [2.05, 4.69) is 29.4 Å². The molecular weight excluding hydrogens is 280 g/mol. The number of benzene rings is 1. The van der Waals surface area contributed by atoms with Crippen molar-refractivity contribution in [1.29, 1.82) is 0 Å². The average molecular weight is 305 g/mol. The van der Waals surface area contributed by atoms with Gasteiger partial charge in [0.2, 0.25) is 0 Å². The number of hydrogen-bond donors (Lipinski definition) is 1. The number of hydrogen-bond acceptors (Lipinski definition) is 2. The summed E-state index contributed by atoms with van der Waals surface area (Å²) in [6.07, 6.45) is 7.95. The zero-order valence-electron chi connectivity index (χ0n) is 12.8. The number of nitrogens with one attached hydrogen (secondary N) is 1. The summed E-state index contributed by atoms with van der Waals surface area (Å²) < 4.78 is 0. The maximum atomic E-state index is 6.10. The smallest absolute Gasteiger partial charge is 0.0408 e. The van der Waals surface area contributed by atoms with Gasteiger partial charge in [0.15, 0.2) is 0 Å². The Morgan fingerprint density at radius 1 is 1.14 bits per heavy atom. The van der Waals surface area contributed by atoms with Gasteiger partial charge in [0, 0.05) is 23.1 Å². The zero-order valence-corrected chi connectivity index (χ0v) is 13.6. The lowest BCUT2D eigenvalue weighted by Gasteiger charge is -2.36. The third-order valence-corrected chi connectivity index (χ3v) is 6.23. The van der Waals surface area contributed by atoms with Gasteiger partial charge in [-0.1, -0.05) is 17.7 Å². The van der Waals surface area contributed by atoms with Crippen molar-refractivity contribution in [1.82, 2.24) is 10.2 Å². The lowest BCUT2D eigenvalue weighted by molar-refractivity contribution is 0.131. The van der Waals surface area contributed by atoms with Crippen molar-refractivity contribution in [3.63, 3.8) is 0 Å². The number of halogens is 1. The Morgan fingerprint density at radius 3 is 2.62 bits per heavy atom. The quantitative estimate of drug-likeness (QED) is 0.922. The third kappa shape index (κ3) is 2.74. The Bertz CT molecular complexity index is 516. The Hall–Kier alpha value is -0.570. The predicted octanol–water partition coefficient (Wildman–Crippen LogP) is 3.27. The summed E-state index contributed by atoms with van der Waals surface area (Å²) in [7, 11) is 2.32. The van der Waals surface area contributed by atoms with Crippen LogP contribution in [0.1, 0.15) is 36.8 Å². The molecule has 2 fully saturated rings. The molecule has 3 heteroatoms. The van der Waals surface area contributed by atoms with Gasteiger partial charge >= 0.3 is 0 Å². The zero-order chi connectivity index (χ0) is 14.4. The van der Waals surface area contributed by atoms with E-state index in [-0.39, 0.29) is 0 Å². The van der Waals surface area contributed by atoms with E-state index in [1.807, 2.05) is 6.07 Å². The van der Waals surface area contributed by atoms with Crippen LogP contribution in [0.15, 0.2) is 18.2 Å². The van der Waals surface area contributed by atoms with Crippen LogP contribution in [0.25, 0.3) is 0 Å². The summed E-state index contributed by atoms with van der Waals surface area (Å²) in [4.78, 5) is 2.63. The highest BCUT2D eigenvalue weighted by Crippen LogP contribution is 2.37. The molecule has 2 heterocycles. The van der Waals surface area contributed by atoms with Crippen LogP contribution >= 0.6 is 11.6 Å². The van der Waals surface area contributed by atoms with E-state index in [0.717, 1.165) is 29.4 Å². The Kier molecular flexibility index (Phi) is 3.72. The van der Waals surface area contributed by atoms with E-state index in [9.17, 15) is 0 Å². The monoisotopic (exact) mass is 304 g/mol. The van der Waals surface area contributed by atoms with Gasteiger partial charge in [-0.15, -0.1) is 0 Å². The topological polar surface area (TPSA) is 15.3 Å². The second-order valence-electron chi connectivity index (χ2n) is 7.31. The van der Waals surface area contributed by atoms with E-state index in [1.54, 1.807) is 0 Å². The SMILES string of the molecule is CN1C2CCC1CC(CNC1Cc3ccc(Cl)cc3C1)C2. The van der Waals surface area contributed by atoms with Crippen LogP contribution < -0.4 is 5.32 Å². The highest BCUT2D eigenvalue weighted by Gasteiger charge is 2.38. The fraction of sp³-hybridized carbons (Fsp3) is 0.667. The Balaban J connectivity index is 1.31. The van der Waals surface area contributed by atoms with E-state index in [4.69, 9.17) is 11.6 Å². The van der Waals surface area contributed by atoms with E-state index in [0.29, 0.717) is 6.04 Å². The summed E-state index contributed by atoms with van der Waals surface area (Å²) in [6.45, 7) is 1.20. The molecule has 3 atom stereocenters. The van der Waals surface area contributed by atoms with Crippen molar-refractivity contribution in [3.05, 3.63) is 34.3 Å². The van der Waals surface area contributed by atoms with Crippen LogP contribution in [-0.4, -0.2) is 36.6 Å². The largest absolute Gasteiger partial charge is 0.313 e. The molecular formula is C18H25ClN2. The van der Waals surface area contributed by atoms with Crippen LogP contribution in [0.5, 0.6) is 0 Å². The highest BCUT2D eigenvalue weighted by molar-refractivity contribution is 6.30. The number of fused-ring (bicyclic) bond motifs is 3. The summed E-state index contributed by atoms with van der Waals surface area (Å²) in [5.74, 6) is 0.881. The van der Waals surface area contributed by atoms with Crippen molar-refractivity contribution >= 4 is 11.6 Å². The lowest BCUT2D eigenvalue weighted by atomic mass is 9.91. The van der Waals surface area contributed by atoms with E-state index >= 15 is 0 Å². The molecule has 1 aliphatic carbocycles. The standard InChI is InChI=1S/C18H25ClN2/c1-21-17-4-5-18(21)7-12(6-17)11-20-16-9-13-2-3-15(19)8-14(13)10-16/h2-3,8,12,16-18,20H,4-7,9-11H2,1H3. The van der Waals surface area contributed by atoms with Gasteiger partial charge in [-0.05, 0) is 81.3 Å². The number of rotatable bonds is 3. The first-order valence-corrected chi connectivity index (χ1v) is 8.79. The molecule has 2 aliphatic heterocycles. The fourth-order valence-electron chi connectivity index (χ4n) is 4.76. The Morgan fingerprint density at radius 2 is 1.86 bits per heavy atom. The van der Waals surface area contributed by atoms with Crippen LogP contribution in [0, 0.1) is 5.92 Å². The minimum absolute atomic E-state index is 0.621. The van der Waals surface area contributed by atoms with Crippen LogP contribution in [-0.2, 0) is 12.8 Å². The normalized spacial score (nSPS) is 35.1. The minimum Gasteiger partial charge on any atom is -0.313 e. The molecule has 1 aromatic carbocycles. The van der Waals surface area contributed by atoms with Crippen LogP contribution in [0.3, 0.4) is 0 Å². The van der Waals surface area contributed by atoms with Crippen molar-refractivity contribution < 1.29 is 0 Å². The molecule has 21 heavy (non-hydrogen) atoms. The Labute approximate surface area is 132 Å². The van der Waals surface area contributed by atoms with E-state index < -0.39 is 0 Å². The molecule has 1 N–H and O–H groups in total. The van der Waals surface area contributed by atoms with Gasteiger partial charge in [0.1, 0.15) is 0 Å². The lowest BCUT2D eigenvalue weighted by Crippen LogP contribution is -2.44. The molecule has 2 bridgehead atoms. The summed E-state index contributed by atoms with van der Waals surface area (Å²) in [5, 5.41) is 4.72. The molecule has 3 aliphatic rings. The number of nitrogens with zero attached hydrogens (tertiary/aromatic N) is 1. The third-order valence-electron chi connectivity index (χ3n) is 5.99. The van der Waals surface area contributed by atoms with E-state index in [1.165, 1.54) is 49.8 Å². The molecule has 2 saturated heterocycles. The molecule has 2 nitrogen and oxygen atoms in total. The molecule has 0 radical (unpaired) electrons. The maximum absolute atomic E-state index is 6.10. The molecule has 4 rings (SSSR count). The van der Waals surface area contributed by atoms with Crippen molar-refractivity contribution in [2.45, 2.75) is 56.7 Å². The summed E-state index contributed by atoms with van der Waals surface area (Å²) in [6, 6.07) is 8.71. The summed E-state index contributed by atoms with van der Waals surface area (Å²) >= 11 is 6.10. The van der Waals surface area contributed by atoms with Crippen molar-refractivity contribution in [2.75, 3.05) is 13.6 Å². The van der Waals surface area contributed by atoms with Crippen molar-refractivity contribution in [3.8, 4) is 0 Å². The summed E-state index contributed by atoms with van der Waals surface area (Å²) in [5.41, 5.74) is 2.93. The molecule has 0 amide bonds. The predicted molar refractivity (Wildman–Crippen MR) is 87.9 cm³/mol. The first-order valence-electron chi connectivity index (χ1n) is 8.41. The molecule has 0 saturated carbocycles. The van der Waals surface area contributed by atoms with Gasteiger partial charge < -0.3 is 10.2 Å². The molecule has 114 valence electrons. The van der Waals surface area contributed by atoms with Crippen molar-refractivity contribution in [2.24, 2.45) is 5.92 Å². The minimum atomic E-state index is 0.621.